The highest BCUT2D eigenvalue weighted by molar-refractivity contribution is 6.24. The smallest absolute Gasteiger partial charge is 0.272 e. The number of benzene rings is 4. The van der Waals surface area contributed by atoms with Crippen LogP contribution in [0.3, 0.4) is 0 Å². The molecule has 1 unspecified atom stereocenters. The second-order valence-corrected chi connectivity index (χ2v) is 17.9. The first-order valence-corrected chi connectivity index (χ1v) is 23.6. The zero-order valence-corrected chi connectivity index (χ0v) is 41.1. The van der Waals surface area contributed by atoms with Crippen LogP contribution < -0.4 is 54.2 Å². The van der Waals surface area contributed by atoms with E-state index in [1.54, 1.807) is 55.9 Å². The van der Waals surface area contributed by atoms with Gasteiger partial charge in [0.1, 0.15) is 28.8 Å². The van der Waals surface area contributed by atoms with E-state index in [-0.39, 0.29) is 60.9 Å². The molecule has 0 aliphatic heterocycles. The third-order valence-corrected chi connectivity index (χ3v) is 12.5. The van der Waals surface area contributed by atoms with Gasteiger partial charge in [0.05, 0.1) is 42.3 Å². The van der Waals surface area contributed by atoms with Gasteiger partial charge in [-0.25, -0.2) is 0 Å². The molecule has 22 heteroatoms. The number of hydrogen-bond acceptors (Lipinski definition) is 10. The van der Waals surface area contributed by atoms with Gasteiger partial charge < -0.3 is 61.6 Å². The monoisotopic (exact) mass is 1000 g/mol. The van der Waals surface area contributed by atoms with Gasteiger partial charge in [-0.15, -0.1) is 0 Å². The summed E-state index contributed by atoms with van der Waals surface area (Å²) in [6.07, 6.45) is 7.01. The van der Waals surface area contributed by atoms with E-state index >= 15 is 0 Å². The lowest BCUT2D eigenvalue weighted by molar-refractivity contribution is -0.129. The highest BCUT2D eigenvalue weighted by Crippen LogP contribution is 2.36. The highest BCUT2D eigenvalue weighted by atomic mass is 16.2. The maximum Gasteiger partial charge on any atom is 0.272 e. The number of unbranched alkanes of at least 4 members (excludes halogenated alkanes) is 1. The fourth-order valence-corrected chi connectivity index (χ4v) is 8.93. The van der Waals surface area contributed by atoms with Crippen LogP contribution in [-0.2, 0) is 53.8 Å². The number of carbonyl (C=O) groups is 8. The molecule has 4 heterocycles. The van der Waals surface area contributed by atoms with Crippen LogP contribution in [0.1, 0.15) is 66.8 Å². The molecule has 382 valence electrons. The molecule has 8 amide bonds. The molecule has 0 spiro atoms. The van der Waals surface area contributed by atoms with Crippen molar-refractivity contribution in [1.29, 1.82) is 0 Å². The second kappa shape index (κ2) is 22.0. The molecule has 0 radical (unpaired) electrons. The zero-order valence-electron chi connectivity index (χ0n) is 41.1. The van der Waals surface area contributed by atoms with E-state index in [1.165, 1.54) is 39.6 Å². The predicted molar refractivity (Wildman–Crippen MR) is 281 cm³/mol. The maximum atomic E-state index is 13.9. The normalized spacial score (nSPS) is 11.6. The number of carbonyl (C=O) groups excluding carboxylic acids is 8. The summed E-state index contributed by atoms with van der Waals surface area (Å²) in [5, 5.41) is 22.5. The molecule has 0 bridgehead atoms. The van der Waals surface area contributed by atoms with E-state index in [9.17, 15) is 38.4 Å². The number of anilines is 4. The lowest BCUT2D eigenvalue weighted by atomic mass is 9.90. The van der Waals surface area contributed by atoms with Crippen molar-refractivity contribution in [3.8, 4) is 0 Å². The largest absolute Gasteiger partial charge is 0.351 e. The third kappa shape index (κ3) is 11.4. The van der Waals surface area contributed by atoms with Crippen molar-refractivity contribution in [3.63, 3.8) is 0 Å². The quantitative estimate of drug-likeness (QED) is 0.0320. The number of aromatic nitrogens is 4. The first-order valence-electron chi connectivity index (χ1n) is 23.6. The minimum absolute atomic E-state index is 0.0512. The van der Waals surface area contributed by atoms with Crippen LogP contribution in [0.25, 0.3) is 32.3 Å². The summed E-state index contributed by atoms with van der Waals surface area (Å²) in [6, 6.07) is 22.9. The molecule has 1 atom stereocenters. The number of hydrogen-bond donors (Lipinski definition) is 10. The lowest BCUT2D eigenvalue weighted by Crippen LogP contribution is -2.52. The van der Waals surface area contributed by atoms with Gasteiger partial charge in [0.25, 0.3) is 29.5 Å². The van der Waals surface area contributed by atoms with Crippen LogP contribution in [0.5, 0.6) is 0 Å². The summed E-state index contributed by atoms with van der Waals surface area (Å²) in [4.78, 5) is 105. The van der Waals surface area contributed by atoms with Gasteiger partial charge >= 0.3 is 0 Å². The van der Waals surface area contributed by atoms with E-state index in [0.29, 0.717) is 29.9 Å². The fourth-order valence-electron chi connectivity index (χ4n) is 8.93. The van der Waals surface area contributed by atoms with Gasteiger partial charge in [-0.2, -0.15) is 0 Å². The van der Waals surface area contributed by atoms with E-state index in [2.05, 4.69) is 61.0 Å². The number of aryl methyl sites for hydroxylation is 4. The Bertz CT molecular complexity index is 3490. The predicted octanol–water partition coefficient (Wildman–Crippen LogP) is 3.33. The van der Waals surface area contributed by atoms with Crippen molar-refractivity contribution < 1.29 is 38.4 Å². The summed E-state index contributed by atoms with van der Waals surface area (Å²) in [7, 11) is 6.53. The molecule has 0 fully saturated rings. The van der Waals surface area contributed by atoms with Crippen molar-refractivity contribution in [1.82, 2.24) is 39.8 Å². The van der Waals surface area contributed by atoms with E-state index < -0.39 is 53.3 Å². The first-order chi connectivity index (χ1) is 35.5. The van der Waals surface area contributed by atoms with Gasteiger partial charge in [-0.1, -0.05) is 48.5 Å². The van der Waals surface area contributed by atoms with Crippen molar-refractivity contribution in [2.45, 2.75) is 31.7 Å². The first kappa shape index (κ1) is 51.1. The highest BCUT2D eigenvalue weighted by Gasteiger charge is 2.25. The van der Waals surface area contributed by atoms with Gasteiger partial charge in [0.2, 0.25) is 17.7 Å². The molecule has 0 saturated carbocycles. The molecular formula is C52H56N14O8. The van der Waals surface area contributed by atoms with Gasteiger partial charge in [-0.05, 0) is 87.5 Å². The molecule has 8 rings (SSSR count). The number of rotatable bonds is 19. The van der Waals surface area contributed by atoms with Gasteiger partial charge in [0, 0.05) is 59.5 Å². The average Bonchev–Trinajstić information content (AvgIpc) is 4.15. The molecule has 12 N–H and O–H groups in total. The minimum Gasteiger partial charge on any atom is -0.351 e. The topological polar surface area (TPSA) is 305 Å². The summed E-state index contributed by atoms with van der Waals surface area (Å²) < 4.78 is 6.10. The van der Waals surface area contributed by atoms with Gasteiger partial charge in [0.15, 0.2) is 0 Å². The number of hydrazine groups is 1. The summed E-state index contributed by atoms with van der Waals surface area (Å²) in [5.74, 6) is -4.08. The Kier molecular flexibility index (Phi) is 15.2. The molecule has 0 aliphatic rings. The van der Waals surface area contributed by atoms with Crippen molar-refractivity contribution in [3.05, 3.63) is 132 Å². The molecular weight excluding hydrogens is 949 g/mol. The summed E-state index contributed by atoms with van der Waals surface area (Å²) in [5.41, 5.74) is 18.8. The Balaban J connectivity index is 0.909. The zero-order chi connectivity index (χ0) is 52.8. The number of nitrogens with two attached hydrogens (primary N) is 2. The Labute approximate surface area is 423 Å². The van der Waals surface area contributed by atoms with E-state index in [1.807, 2.05) is 36.4 Å². The summed E-state index contributed by atoms with van der Waals surface area (Å²) in [6.45, 7) is -0.258. The van der Waals surface area contributed by atoms with Crippen LogP contribution >= 0.6 is 0 Å². The average molecular weight is 1010 g/mol. The van der Waals surface area contributed by atoms with Crippen LogP contribution in [0, 0.1) is 0 Å². The molecule has 74 heavy (non-hydrogen) atoms. The summed E-state index contributed by atoms with van der Waals surface area (Å²) >= 11 is 0. The fraction of sp³-hybridized carbons (Fsp3) is 0.231. The Hall–Kier alpha value is -9.28. The Morgan fingerprint density at radius 3 is 1.51 bits per heavy atom. The number of amides is 8. The second-order valence-electron chi connectivity index (χ2n) is 17.9. The van der Waals surface area contributed by atoms with E-state index in [4.69, 9.17) is 11.5 Å². The van der Waals surface area contributed by atoms with Crippen molar-refractivity contribution in [2.75, 3.05) is 40.9 Å². The Morgan fingerprint density at radius 2 is 0.973 bits per heavy atom. The Morgan fingerprint density at radius 1 is 0.500 bits per heavy atom. The third-order valence-electron chi connectivity index (χ3n) is 12.5. The molecule has 0 aliphatic carbocycles. The molecule has 4 aromatic heterocycles. The van der Waals surface area contributed by atoms with Crippen LogP contribution in [0.15, 0.2) is 104 Å². The minimum atomic E-state index is -1.17. The lowest BCUT2D eigenvalue weighted by Gasteiger charge is -2.19. The van der Waals surface area contributed by atoms with Gasteiger partial charge in [-0.3, -0.25) is 49.2 Å². The molecule has 0 saturated heterocycles. The molecule has 4 aromatic carbocycles. The van der Waals surface area contributed by atoms with Crippen LogP contribution in [-0.4, -0.2) is 91.2 Å². The van der Waals surface area contributed by atoms with Crippen molar-refractivity contribution >= 4 is 102 Å². The SMILES string of the molecule is Cn1cc(NC(=O)c2cc(NC(=O)CN)cn2C)cc1C(=O)NCCCCC(NC(=O)c1cc(NC(=O)c2cc(NC(=O)CN)cn2C)cn1C)C(=O)NNC(=O)Cc1cc2cccc3ccc4cccc1c4c32. The number of nitrogens with zero attached hydrogens (tertiary/aromatic N) is 4. The molecule has 8 aromatic rings. The molecule has 22 nitrogen and oxygen atoms in total. The standard InChI is InChI=1S/C52H56N14O8/c1-63-27-35(58-50(72)40-19-33(25-64(40)2)56-44(68)23-53)21-39(63)49(71)55-16-6-5-13-38(60-52(74)42-22-36(28-66(42)4)59-51(73)41-20-34(26-65(41)3)57-45(69)24-54)48(70)62-61-43(67)18-32-17-31-11-7-9-29-14-15-30-10-8-12-37(32)47(30)46(29)31/h7-12,14-15,17,19-22,25-28,38H,5-6,13,16,18,23-24,53-54H2,1-4H3,(H,55,71)(H,56,68)(H,57,69)(H,58,72)(H,59,73)(H,60,74)(H,61,67)(H,62,70). The van der Waals surface area contributed by atoms with Crippen LogP contribution in [0.4, 0.5) is 22.7 Å². The van der Waals surface area contributed by atoms with E-state index in [0.717, 1.165) is 37.9 Å². The number of nitrogens with one attached hydrogen (secondary N) is 8. The maximum absolute atomic E-state index is 13.9. The van der Waals surface area contributed by atoms with Crippen molar-refractivity contribution in [2.24, 2.45) is 39.7 Å². The van der Waals surface area contributed by atoms with Crippen LogP contribution in [0.2, 0.25) is 0 Å².